The Kier molecular flexibility index (Phi) is 5.21. The van der Waals surface area contributed by atoms with E-state index in [-0.39, 0.29) is 22.7 Å². The number of rotatable bonds is 3. The Morgan fingerprint density at radius 2 is 1.83 bits per heavy atom. The van der Waals surface area contributed by atoms with Crippen molar-refractivity contribution in [3.05, 3.63) is 0 Å². The van der Waals surface area contributed by atoms with Crippen LogP contribution in [0.1, 0.15) is 65.2 Å². The van der Waals surface area contributed by atoms with E-state index in [1.807, 2.05) is 0 Å². The maximum atomic E-state index is 13.7. The van der Waals surface area contributed by atoms with Gasteiger partial charge in [-0.1, -0.05) is 13.8 Å². The third kappa shape index (κ3) is 3.14. The van der Waals surface area contributed by atoms with Gasteiger partial charge in [0.05, 0.1) is 19.8 Å². The first-order valence-electron chi connectivity index (χ1n) is 12.2. The Hall–Kier alpha value is -1.07. The topological polar surface area (TPSA) is 63.7 Å². The van der Waals surface area contributed by atoms with Crippen LogP contribution in [-0.2, 0) is 19.1 Å². The Morgan fingerprint density at radius 1 is 1.07 bits per heavy atom. The molecule has 0 spiro atoms. The Balaban J connectivity index is 1.36. The first-order valence-corrected chi connectivity index (χ1v) is 12.2. The zero-order valence-electron chi connectivity index (χ0n) is 18.7. The van der Waals surface area contributed by atoms with Crippen LogP contribution in [0.2, 0.25) is 0 Å². The molecule has 166 valence electrons. The fourth-order valence-electron chi connectivity index (χ4n) is 8.48. The zero-order chi connectivity index (χ0) is 21.1. The molecule has 7 atom stereocenters. The van der Waals surface area contributed by atoms with Gasteiger partial charge in [0.1, 0.15) is 17.3 Å². The van der Waals surface area contributed by atoms with Crippen molar-refractivity contribution in [3.8, 4) is 0 Å². The molecule has 5 aliphatic rings. The number of hydrogen-bond donors (Lipinski definition) is 0. The molecule has 0 unspecified atom stereocenters. The second-order valence-electron chi connectivity index (χ2n) is 11.4. The highest BCUT2D eigenvalue weighted by Crippen LogP contribution is 2.66. The van der Waals surface area contributed by atoms with E-state index in [1.54, 1.807) is 0 Å². The van der Waals surface area contributed by atoms with E-state index in [2.05, 4.69) is 18.7 Å². The number of ketones is 3. The molecule has 0 aromatic rings. The summed E-state index contributed by atoms with van der Waals surface area (Å²) in [5.74, 6) is 2.53. The van der Waals surface area contributed by atoms with Crippen molar-refractivity contribution in [2.24, 2.45) is 40.4 Å². The summed E-state index contributed by atoms with van der Waals surface area (Å²) in [6.45, 7) is 8.16. The van der Waals surface area contributed by atoms with Crippen molar-refractivity contribution in [2.45, 2.75) is 65.2 Å². The first kappa shape index (κ1) is 20.8. The molecule has 1 aliphatic heterocycles. The monoisotopic (exact) mass is 415 g/mol. The minimum absolute atomic E-state index is 0.00879. The second kappa shape index (κ2) is 7.51. The standard InChI is InChI=1S/C25H37NO4/c1-24-8-7-17(27)13-16(24)3-4-18-19-5-6-20(25(19,2)14-21(28)23(18)24)22(29)15-26-9-11-30-12-10-26/h16,18-20,23H,3-15H2,1-2H3/t16-,18-,19-,20+,23+,24-,25-/m0/s1. The van der Waals surface area contributed by atoms with Gasteiger partial charge in [-0.2, -0.15) is 0 Å². The Bertz CT molecular complexity index is 743. The zero-order valence-corrected chi connectivity index (χ0v) is 18.7. The van der Waals surface area contributed by atoms with Gasteiger partial charge in [-0.05, 0) is 60.7 Å². The second-order valence-corrected chi connectivity index (χ2v) is 11.4. The lowest BCUT2D eigenvalue weighted by molar-refractivity contribution is -0.161. The van der Waals surface area contributed by atoms with E-state index in [4.69, 9.17) is 4.74 Å². The van der Waals surface area contributed by atoms with Crippen molar-refractivity contribution < 1.29 is 19.1 Å². The quantitative estimate of drug-likeness (QED) is 0.708. The Morgan fingerprint density at radius 3 is 2.60 bits per heavy atom. The molecule has 5 rings (SSSR count). The van der Waals surface area contributed by atoms with Crippen LogP contribution in [0.4, 0.5) is 0 Å². The summed E-state index contributed by atoms with van der Waals surface area (Å²) in [6.07, 6.45) is 6.94. The van der Waals surface area contributed by atoms with Crippen molar-refractivity contribution >= 4 is 17.3 Å². The van der Waals surface area contributed by atoms with Crippen LogP contribution in [-0.4, -0.2) is 55.1 Å². The predicted molar refractivity (Wildman–Crippen MR) is 113 cm³/mol. The molecule has 4 aliphatic carbocycles. The SMILES string of the molecule is C[C@]12CCC(=O)C[C@@H]1CC[C@H]1[C@@H]3CC[C@H](C(=O)CN4CCOCC4)[C@@]3(C)CC(=O)[C@@H]12. The molecule has 5 nitrogen and oxygen atoms in total. The van der Waals surface area contributed by atoms with Gasteiger partial charge in [-0.15, -0.1) is 0 Å². The largest absolute Gasteiger partial charge is 0.379 e. The van der Waals surface area contributed by atoms with E-state index in [0.29, 0.717) is 74.1 Å². The van der Waals surface area contributed by atoms with Gasteiger partial charge in [0.25, 0.3) is 0 Å². The fourth-order valence-corrected chi connectivity index (χ4v) is 8.48. The van der Waals surface area contributed by atoms with Gasteiger partial charge < -0.3 is 4.74 Å². The van der Waals surface area contributed by atoms with Crippen LogP contribution < -0.4 is 0 Å². The third-order valence-corrected chi connectivity index (χ3v) is 10.0. The molecule has 1 saturated heterocycles. The van der Waals surface area contributed by atoms with Crippen LogP contribution in [0, 0.1) is 40.4 Å². The molecule has 0 amide bonds. The molecule has 1 heterocycles. The lowest BCUT2D eigenvalue weighted by Crippen LogP contribution is -2.58. The van der Waals surface area contributed by atoms with Crippen molar-refractivity contribution in [2.75, 3.05) is 32.8 Å². The molecule has 0 bridgehead atoms. The molecule has 5 heteroatoms. The molecule has 4 saturated carbocycles. The van der Waals surface area contributed by atoms with E-state index in [9.17, 15) is 14.4 Å². The lowest BCUT2D eigenvalue weighted by atomic mass is 9.44. The molecular weight excluding hydrogens is 378 g/mol. The average Bonchev–Trinajstić information content (AvgIpc) is 3.05. The highest BCUT2D eigenvalue weighted by molar-refractivity contribution is 5.89. The molecule has 30 heavy (non-hydrogen) atoms. The predicted octanol–water partition coefficient (Wildman–Crippen LogP) is 3.29. The van der Waals surface area contributed by atoms with E-state index >= 15 is 0 Å². The number of hydrogen-bond acceptors (Lipinski definition) is 5. The summed E-state index contributed by atoms with van der Waals surface area (Å²) in [6, 6.07) is 0. The summed E-state index contributed by atoms with van der Waals surface area (Å²) in [7, 11) is 0. The highest BCUT2D eigenvalue weighted by Gasteiger charge is 2.64. The van der Waals surface area contributed by atoms with Crippen molar-refractivity contribution in [1.29, 1.82) is 0 Å². The summed E-state index contributed by atoms with van der Waals surface area (Å²) in [5.41, 5.74) is -0.180. The molecule has 5 fully saturated rings. The van der Waals surface area contributed by atoms with E-state index in [1.165, 1.54) is 0 Å². The van der Waals surface area contributed by atoms with Crippen molar-refractivity contribution in [3.63, 3.8) is 0 Å². The van der Waals surface area contributed by atoms with Crippen LogP contribution in [0.3, 0.4) is 0 Å². The van der Waals surface area contributed by atoms with Crippen LogP contribution in [0.25, 0.3) is 0 Å². The Labute approximate surface area is 180 Å². The van der Waals surface area contributed by atoms with Crippen LogP contribution in [0.15, 0.2) is 0 Å². The maximum absolute atomic E-state index is 13.7. The van der Waals surface area contributed by atoms with Gasteiger partial charge in [-0.25, -0.2) is 0 Å². The van der Waals surface area contributed by atoms with Gasteiger partial charge >= 0.3 is 0 Å². The third-order valence-electron chi connectivity index (χ3n) is 10.0. The number of Topliss-reactive ketones (excluding diaryl/α,β-unsaturated/α-hetero) is 3. The fraction of sp³-hybridized carbons (Fsp3) is 0.880. The summed E-state index contributed by atoms with van der Waals surface area (Å²) < 4.78 is 5.43. The number of carbonyl (C=O) groups is 3. The van der Waals surface area contributed by atoms with Crippen LogP contribution >= 0.6 is 0 Å². The minimum Gasteiger partial charge on any atom is -0.379 e. The van der Waals surface area contributed by atoms with Gasteiger partial charge in [0, 0.05) is 44.2 Å². The highest BCUT2D eigenvalue weighted by atomic mass is 16.5. The van der Waals surface area contributed by atoms with E-state index < -0.39 is 0 Å². The maximum Gasteiger partial charge on any atom is 0.150 e. The summed E-state index contributed by atoms with van der Waals surface area (Å²) >= 11 is 0. The molecular formula is C25H37NO4. The smallest absolute Gasteiger partial charge is 0.150 e. The number of morpholine rings is 1. The van der Waals surface area contributed by atoms with Gasteiger partial charge in [0.15, 0.2) is 0 Å². The van der Waals surface area contributed by atoms with E-state index in [0.717, 1.165) is 45.2 Å². The molecule has 0 aromatic carbocycles. The van der Waals surface area contributed by atoms with Gasteiger partial charge in [-0.3, -0.25) is 19.3 Å². The van der Waals surface area contributed by atoms with Crippen molar-refractivity contribution in [1.82, 2.24) is 4.90 Å². The number of ether oxygens (including phenoxy) is 1. The molecule has 0 N–H and O–H groups in total. The summed E-state index contributed by atoms with van der Waals surface area (Å²) in [5, 5.41) is 0. The minimum atomic E-state index is -0.171. The van der Waals surface area contributed by atoms with Gasteiger partial charge in [0.2, 0.25) is 0 Å². The number of fused-ring (bicyclic) bond motifs is 5. The normalized spacial score (nSPS) is 46.8. The number of nitrogens with zero attached hydrogens (tertiary/aromatic N) is 1. The summed E-state index contributed by atoms with van der Waals surface area (Å²) in [4.78, 5) is 41.3. The number of carbonyl (C=O) groups excluding carboxylic acids is 3. The molecule has 0 aromatic heterocycles. The first-order chi connectivity index (χ1) is 14.3. The van der Waals surface area contributed by atoms with Crippen LogP contribution in [0.5, 0.6) is 0 Å². The lowest BCUT2D eigenvalue weighted by Gasteiger charge is -2.59. The molecule has 0 radical (unpaired) electrons. The average molecular weight is 416 g/mol.